The van der Waals surface area contributed by atoms with Crippen LogP contribution in [0.5, 0.6) is 0 Å². The van der Waals surface area contributed by atoms with Crippen molar-refractivity contribution in [1.82, 2.24) is 0 Å². The van der Waals surface area contributed by atoms with Gasteiger partial charge in [0.1, 0.15) is 11.5 Å². The van der Waals surface area contributed by atoms with E-state index in [0.29, 0.717) is 17.1 Å². The van der Waals surface area contributed by atoms with Gasteiger partial charge < -0.3 is 9.52 Å². The summed E-state index contributed by atoms with van der Waals surface area (Å²) in [5, 5.41) is 8.47. The third-order valence-corrected chi connectivity index (χ3v) is 2.51. The second kappa shape index (κ2) is 5.24. The SMILES string of the molecule is O=C(O)/C=C/c1ccc(-c2ccc(C(F)(F)F)cc2)o1. The molecule has 2 rings (SSSR count). The monoisotopic (exact) mass is 282 g/mol. The summed E-state index contributed by atoms with van der Waals surface area (Å²) in [6.07, 6.45) is -2.21. The molecule has 3 nitrogen and oxygen atoms in total. The first-order valence-electron chi connectivity index (χ1n) is 5.55. The maximum Gasteiger partial charge on any atom is 0.416 e. The fourth-order valence-electron chi connectivity index (χ4n) is 1.57. The predicted molar refractivity (Wildman–Crippen MR) is 65.8 cm³/mol. The van der Waals surface area contributed by atoms with E-state index in [0.717, 1.165) is 18.2 Å². The van der Waals surface area contributed by atoms with E-state index in [4.69, 9.17) is 9.52 Å². The first kappa shape index (κ1) is 13.9. The molecule has 6 heteroatoms. The minimum absolute atomic E-state index is 0.308. The van der Waals surface area contributed by atoms with Crippen LogP contribution >= 0.6 is 0 Å². The Hall–Kier alpha value is -2.50. The summed E-state index contributed by atoms with van der Waals surface area (Å²) >= 11 is 0. The van der Waals surface area contributed by atoms with Crippen LogP contribution in [0.1, 0.15) is 11.3 Å². The number of benzene rings is 1. The number of carboxylic acids is 1. The molecule has 0 unspecified atom stereocenters. The van der Waals surface area contributed by atoms with Gasteiger partial charge in [-0.15, -0.1) is 0 Å². The lowest BCUT2D eigenvalue weighted by molar-refractivity contribution is -0.137. The van der Waals surface area contributed by atoms with Crippen LogP contribution in [0.25, 0.3) is 17.4 Å². The van der Waals surface area contributed by atoms with Crippen LogP contribution in [-0.2, 0) is 11.0 Å². The van der Waals surface area contributed by atoms with Crippen molar-refractivity contribution in [1.29, 1.82) is 0 Å². The van der Waals surface area contributed by atoms with Crippen LogP contribution in [0.15, 0.2) is 46.9 Å². The zero-order valence-corrected chi connectivity index (χ0v) is 10.0. The van der Waals surface area contributed by atoms with Gasteiger partial charge in [0.15, 0.2) is 0 Å². The van der Waals surface area contributed by atoms with Gasteiger partial charge in [-0.2, -0.15) is 13.2 Å². The van der Waals surface area contributed by atoms with Gasteiger partial charge in [-0.1, -0.05) is 12.1 Å². The molecule has 1 aromatic carbocycles. The van der Waals surface area contributed by atoms with Crippen molar-refractivity contribution in [3.8, 4) is 11.3 Å². The van der Waals surface area contributed by atoms with Crippen molar-refractivity contribution < 1.29 is 27.5 Å². The summed E-state index contributed by atoms with van der Waals surface area (Å²) in [6.45, 7) is 0. The number of hydrogen-bond acceptors (Lipinski definition) is 2. The lowest BCUT2D eigenvalue weighted by Crippen LogP contribution is -2.03. The van der Waals surface area contributed by atoms with E-state index < -0.39 is 17.7 Å². The highest BCUT2D eigenvalue weighted by molar-refractivity contribution is 5.84. The fraction of sp³-hybridized carbons (Fsp3) is 0.0714. The first-order chi connectivity index (χ1) is 9.36. The van der Waals surface area contributed by atoms with E-state index in [1.165, 1.54) is 24.3 Å². The van der Waals surface area contributed by atoms with Crippen molar-refractivity contribution in [2.45, 2.75) is 6.18 Å². The molecule has 1 heterocycles. The van der Waals surface area contributed by atoms with E-state index >= 15 is 0 Å². The van der Waals surface area contributed by atoms with Gasteiger partial charge in [-0.25, -0.2) is 4.79 Å². The zero-order chi connectivity index (χ0) is 14.8. The van der Waals surface area contributed by atoms with Crippen LogP contribution in [0, 0.1) is 0 Å². The Balaban J connectivity index is 2.22. The molecule has 0 atom stereocenters. The highest BCUT2D eigenvalue weighted by atomic mass is 19.4. The van der Waals surface area contributed by atoms with Crippen molar-refractivity contribution in [2.75, 3.05) is 0 Å². The summed E-state index contributed by atoms with van der Waals surface area (Å²) in [7, 11) is 0. The molecule has 0 aliphatic carbocycles. The summed E-state index contributed by atoms with van der Waals surface area (Å²) in [5.41, 5.74) is -0.258. The van der Waals surface area contributed by atoms with Gasteiger partial charge in [0.2, 0.25) is 0 Å². The van der Waals surface area contributed by atoms with Gasteiger partial charge in [-0.05, 0) is 30.3 Å². The molecular weight excluding hydrogens is 273 g/mol. The molecule has 0 amide bonds. The number of carboxylic acid groups (broad SMARTS) is 1. The number of alkyl halides is 3. The van der Waals surface area contributed by atoms with Gasteiger partial charge in [0.05, 0.1) is 5.56 Å². The predicted octanol–water partition coefficient (Wildman–Crippen LogP) is 4.06. The third-order valence-electron chi connectivity index (χ3n) is 2.51. The Kier molecular flexibility index (Phi) is 3.65. The van der Waals surface area contributed by atoms with Crippen LogP contribution in [0.2, 0.25) is 0 Å². The molecular formula is C14H9F3O3. The standard InChI is InChI=1S/C14H9F3O3/c15-14(16,17)10-3-1-9(2-4-10)12-7-5-11(20-12)6-8-13(18)19/h1-8H,(H,18,19)/b8-6+. The molecule has 2 aromatic rings. The fourth-order valence-corrected chi connectivity index (χ4v) is 1.57. The molecule has 1 N–H and O–H groups in total. The molecule has 0 aliphatic heterocycles. The summed E-state index contributed by atoms with van der Waals surface area (Å²) in [6, 6.07) is 7.62. The maximum atomic E-state index is 12.4. The van der Waals surface area contributed by atoms with E-state index in [9.17, 15) is 18.0 Å². The number of carbonyl (C=O) groups is 1. The largest absolute Gasteiger partial charge is 0.478 e. The van der Waals surface area contributed by atoms with Crippen LogP contribution < -0.4 is 0 Å². The molecule has 0 saturated carbocycles. The lowest BCUT2D eigenvalue weighted by atomic mass is 10.1. The number of halogens is 3. The Morgan fingerprint density at radius 1 is 1.10 bits per heavy atom. The van der Waals surface area contributed by atoms with Gasteiger partial charge >= 0.3 is 12.1 Å². The Morgan fingerprint density at radius 2 is 1.75 bits per heavy atom. The molecule has 1 aromatic heterocycles. The highest BCUT2D eigenvalue weighted by Gasteiger charge is 2.30. The molecule has 0 aliphatic rings. The first-order valence-corrected chi connectivity index (χ1v) is 5.55. The topological polar surface area (TPSA) is 50.4 Å². The Labute approximate surface area is 112 Å². The minimum atomic E-state index is -4.38. The van der Waals surface area contributed by atoms with Gasteiger partial charge in [0.25, 0.3) is 0 Å². The molecule has 0 fully saturated rings. The van der Waals surface area contributed by atoms with E-state index in [2.05, 4.69) is 0 Å². The number of hydrogen-bond donors (Lipinski definition) is 1. The number of aliphatic carboxylic acids is 1. The van der Waals surface area contributed by atoms with E-state index in [1.54, 1.807) is 6.07 Å². The third kappa shape index (κ3) is 3.28. The Morgan fingerprint density at radius 3 is 2.30 bits per heavy atom. The van der Waals surface area contributed by atoms with Crippen LogP contribution in [-0.4, -0.2) is 11.1 Å². The smallest absolute Gasteiger partial charge is 0.416 e. The van der Waals surface area contributed by atoms with E-state index in [-0.39, 0.29) is 0 Å². The maximum absolute atomic E-state index is 12.4. The second-order valence-corrected chi connectivity index (χ2v) is 3.95. The zero-order valence-electron chi connectivity index (χ0n) is 10.0. The molecule has 0 radical (unpaired) electrons. The van der Waals surface area contributed by atoms with E-state index in [1.807, 2.05) is 0 Å². The van der Waals surface area contributed by atoms with Crippen molar-refractivity contribution in [2.24, 2.45) is 0 Å². The number of furan rings is 1. The Bertz CT molecular complexity index is 636. The molecule has 0 saturated heterocycles. The molecule has 20 heavy (non-hydrogen) atoms. The lowest BCUT2D eigenvalue weighted by Gasteiger charge is -2.06. The number of rotatable bonds is 3. The van der Waals surface area contributed by atoms with Crippen LogP contribution in [0.4, 0.5) is 13.2 Å². The van der Waals surface area contributed by atoms with Gasteiger partial charge in [0, 0.05) is 11.6 Å². The molecule has 104 valence electrons. The van der Waals surface area contributed by atoms with Crippen molar-refractivity contribution in [3.63, 3.8) is 0 Å². The summed E-state index contributed by atoms with van der Waals surface area (Å²) < 4.78 is 42.6. The summed E-state index contributed by atoms with van der Waals surface area (Å²) in [5.74, 6) is -0.441. The highest BCUT2D eigenvalue weighted by Crippen LogP contribution is 2.31. The van der Waals surface area contributed by atoms with Crippen molar-refractivity contribution in [3.05, 3.63) is 53.8 Å². The minimum Gasteiger partial charge on any atom is -0.478 e. The van der Waals surface area contributed by atoms with Gasteiger partial charge in [-0.3, -0.25) is 0 Å². The second-order valence-electron chi connectivity index (χ2n) is 3.95. The van der Waals surface area contributed by atoms with Crippen LogP contribution in [0.3, 0.4) is 0 Å². The van der Waals surface area contributed by atoms with Crippen molar-refractivity contribution >= 4 is 12.0 Å². The summed E-state index contributed by atoms with van der Waals surface area (Å²) in [4.78, 5) is 10.3. The molecule has 0 bridgehead atoms. The average molecular weight is 282 g/mol. The average Bonchev–Trinajstić information content (AvgIpc) is 2.84. The normalized spacial score (nSPS) is 11.9. The quantitative estimate of drug-likeness (QED) is 0.863. The molecule has 0 spiro atoms.